The average molecular weight is 428 g/mol. The van der Waals surface area contributed by atoms with Crippen molar-refractivity contribution < 1.29 is 4.79 Å². The van der Waals surface area contributed by atoms with Crippen molar-refractivity contribution in [3.05, 3.63) is 85.8 Å². The van der Waals surface area contributed by atoms with Gasteiger partial charge in [0.2, 0.25) is 0 Å². The fourth-order valence-corrected chi connectivity index (χ4v) is 3.67. The minimum atomic E-state index is -0.496. The van der Waals surface area contributed by atoms with Gasteiger partial charge in [-0.1, -0.05) is 53.0 Å². The highest BCUT2D eigenvalue weighted by Crippen LogP contribution is 2.27. The van der Waals surface area contributed by atoms with Crippen LogP contribution in [0.25, 0.3) is 6.08 Å². The van der Waals surface area contributed by atoms with E-state index in [-0.39, 0.29) is 5.57 Å². The summed E-state index contributed by atoms with van der Waals surface area (Å²) < 4.78 is 0. The molecule has 0 saturated heterocycles. The molecule has 0 saturated carbocycles. The van der Waals surface area contributed by atoms with Crippen LogP contribution >= 0.6 is 34.5 Å². The smallest absolute Gasteiger partial charge is 0.268 e. The predicted octanol–water partition coefficient (Wildman–Crippen LogP) is 5.89. The van der Waals surface area contributed by atoms with E-state index >= 15 is 0 Å². The number of rotatable bonds is 5. The third-order valence-corrected chi connectivity index (χ3v) is 5.42. The maximum absolute atomic E-state index is 12.4. The molecule has 0 radical (unpaired) electrons. The zero-order chi connectivity index (χ0) is 20.1. The molecule has 2 aromatic carbocycles. The van der Waals surface area contributed by atoms with Gasteiger partial charge in [-0.2, -0.15) is 5.26 Å². The monoisotopic (exact) mass is 427 g/mol. The minimum Gasteiger partial charge on any atom is -0.297 e. The lowest BCUT2D eigenvalue weighted by Gasteiger charge is -2.03. The molecule has 0 aliphatic heterocycles. The van der Waals surface area contributed by atoms with E-state index in [2.05, 4.69) is 10.3 Å². The van der Waals surface area contributed by atoms with E-state index in [1.54, 1.807) is 30.5 Å². The van der Waals surface area contributed by atoms with Gasteiger partial charge in [0, 0.05) is 27.5 Å². The van der Waals surface area contributed by atoms with Gasteiger partial charge in [0.15, 0.2) is 5.13 Å². The quantitative estimate of drug-likeness (QED) is 0.407. The third kappa shape index (κ3) is 5.20. The number of carbonyl (C=O) groups is 1. The summed E-state index contributed by atoms with van der Waals surface area (Å²) in [5.74, 6) is -0.496. The number of benzene rings is 2. The number of aromatic nitrogens is 1. The second-order valence-corrected chi connectivity index (χ2v) is 8.04. The number of nitrogens with zero attached hydrogens (tertiary/aromatic N) is 2. The Kier molecular flexibility index (Phi) is 6.48. The van der Waals surface area contributed by atoms with E-state index in [1.165, 1.54) is 11.3 Å². The van der Waals surface area contributed by atoms with E-state index in [0.717, 1.165) is 21.6 Å². The van der Waals surface area contributed by atoms with Crippen molar-refractivity contribution in [2.45, 2.75) is 13.3 Å². The van der Waals surface area contributed by atoms with Gasteiger partial charge in [0.1, 0.15) is 11.6 Å². The number of hydrogen-bond acceptors (Lipinski definition) is 4. The fourth-order valence-electron chi connectivity index (χ4n) is 2.46. The zero-order valence-corrected chi connectivity index (χ0v) is 17.2. The van der Waals surface area contributed by atoms with Crippen molar-refractivity contribution in [1.29, 1.82) is 5.26 Å². The van der Waals surface area contributed by atoms with E-state index in [1.807, 2.05) is 37.3 Å². The molecule has 0 bridgehead atoms. The van der Waals surface area contributed by atoms with Crippen molar-refractivity contribution in [1.82, 2.24) is 4.98 Å². The summed E-state index contributed by atoms with van der Waals surface area (Å²) in [5, 5.41) is 13.6. The molecule has 1 N–H and O–H groups in total. The molecular formula is C21H15Cl2N3OS. The number of anilines is 1. The lowest BCUT2D eigenvalue weighted by atomic mass is 10.1. The normalized spacial score (nSPS) is 11.1. The molecule has 140 valence electrons. The SMILES string of the molecule is Cc1ccc(/C=C(\C#N)C(=O)Nc2ncc(Cc3cc(Cl)ccc3Cl)s2)cc1. The summed E-state index contributed by atoms with van der Waals surface area (Å²) in [4.78, 5) is 17.5. The highest BCUT2D eigenvalue weighted by Gasteiger charge is 2.13. The first-order valence-electron chi connectivity index (χ1n) is 8.33. The molecular weight excluding hydrogens is 413 g/mol. The number of carbonyl (C=O) groups excluding carboxylic acids is 1. The largest absolute Gasteiger partial charge is 0.297 e. The Morgan fingerprint density at radius 2 is 2.00 bits per heavy atom. The molecule has 28 heavy (non-hydrogen) atoms. The van der Waals surface area contributed by atoms with Crippen LogP contribution in [0, 0.1) is 18.3 Å². The highest BCUT2D eigenvalue weighted by molar-refractivity contribution is 7.15. The second-order valence-electron chi connectivity index (χ2n) is 6.08. The number of amides is 1. The number of nitriles is 1. The topological polar surface area (TPSA) is 65.8 Å². The van der Waals surface area contributed by atoms with Crippen LogP contribution in [0.1, 0.15) is 21.6 Å². The lowest BCUT2D eigenvalue weighted by molar-refractivity contribution is -0.112. The van der Waals surface area contributed by atoms with Gasteiger partial charge in [0.25, 0.3) is 5.91 Å². The van der Waals surface area contributed by atoms with Crippen LogP contribution in [0.5, 0.6) is 0 Å². The maximum Gasteiger partial charge on any atom is 0.268 e. The minimum absolute atomic E-state index is 0.0125. The average Bonchev–Trinajstić information content (AvgIpc) is 3.11. The van der Waals surface area contributed by atoms with Crippen molar-refractivity contribution in [3.8, 4) is 6.07 Å². The Hall–Kier alpha value is -2.65. The molecule has 1 aromatic heterocycles. The van der Waals surface area contributed by atoms with Crippen molar-refractivity contribution in [2.75, 3.05) is 5.32 Å². The molecule has 0 aliphatic rings. The molecule has 4 nitrogen and oxygen atoms in total. The Bertz CT molecular complexity index is 1080. The van der Waals surface area contributed by atoms with Crippen molar-refractivity contribution in [3.63, 3.8) is 0 Å². The Morgan fingerprint density at radius 1 is 1.25 bits per heavy atom. The highest BCUT2D eigenvalue weighted by atomic mass is 35.5. The molecule has 0 aliphatic carbocycles. The van der Waals surface area contributed by atoms with Gasteiger partial charge in [-0.3, -0.25) is 10.1 Å². The fraction of sp³-hybridized carbons (Fsp3) is 0.0952. The Balaban J connectivity index is 1.71. The Morgan fingerprint density at radius 3 is 2.71 bits per heavy atom. The summed E-state index contributed by atoms with van der Waals surface area (Å²) in [6.07, 6.45) is 3.78. The first kappa shape index (κ1) is 20.1. The summed E-state index contributed by atoms with van der Waals surface area (Å²) in [6, 6.07) is 14.8. The summed E-state index contributed by atoms with van der Waals surface area (Å²) in [6.45, 7) is 1.97. The number of halogens is 2. The molecule has 0 spiro atoms. The molecule has 1 heterocycles. The van der Waals surface area contributed by atoms with E-state index in [9.17, 15) is 10.1 Å². The number of aryl methyl sites for hydroxylation is 1. The van der Waals surface area contributed by atoms with Crippen LogP contribution < -0.4 is 5.32 Å². The molecule has 0 unspecified atom stereocenters. The standard InChI is InChI=1S/C21H15Cl2N3OS/c1-13-2-4-14(5-3-13)8-16(11-24)20(27)26-21-25-12-18(28-21)10-15-9-17(22)6-7-19(15)23/h2-9,12H,10H2,1H3,(H,25,26,27)/b16-8+. The Labute approximate surface area is 177 Å². The van der Waals surface area contributed by atoms with Gasteiger partial charge in [-0.25, -0.2) is 4.98 Å². The lowest BCUT2D eigenvalue weighted by Crippen LogP contribution is -2.13. The number of nitrogens with one attached hydrogen (secondary N) is 1. The molecule has 3 aromatic rings. The van der Waals surface area contributed by atoms with Crippen molar-refractivity contribution in [2.24, 2.45) is 0 Å². The van der Waals surface area contributed by atoms with Crippen LogP contribution in [-0.4, -0.2) is 10.9 Å². The van der Waals surface area contributed by atoms with Crippen LogP contribution in [0.4, 0.5) is 5.13 Å². The van der Waals surface area contributed by atoms with E-state index in [4.69, 9.17) is 23.2 Å². The first-order chi connectivity index (χ1) is 13.4. The molecule has 1 amide bonds. The predicted molar refractivity (Wildman–Crippen MR) is 115 cm³/mol. The number of hydrogen-bond donors (Lipinski definition) is 1. The third-order valence-electron chi connectivity index (χ3n) is 3.90. The van der Waals surface area contributed by atoms with Crippen LogP contribution in [-0.2, 0) is 11.2 Å². The first-order valence-corrected chi connectivity index (χ1v) is 9.90. The zero-order valence-electron chi connectivity index (χ0n) is 14.9. The molecule has 3 rings (SSSR count). The summed E-state index contributed by atoms with van der Waals surface area (Å²) in [5.41, 5.74) is 2.79. The molecule has 0 atom stereocenters. The van der Waals surface area contributed by atoms with Crippen molar-refractivity contribution >= 4 is 51.7 Å². The second kappa shape index (κ2) is 9.03. The van der Waals surface area contributed by atoms with Gasteiger partial charge >= 0.3 is 0 Å². The number of thiazole rings is 1. The van der Waals surface area contributed by atoms with Gasteiger partial charge in [0.05, 0.1) is 0 Å². The molecule has 7 heteroatoms. The molecule has 0 fully saturated rings. The van der Waals surface area contributed by atoms with Crippen LogP contribution in [0.3, 0.4) is 0 Å². The van der Waals surface area contributed by atoms with Crippen LogP contribution in [0.2, 0.25) is 10.0 Å². The summed E-state index contributed by atoms with van der Waals surface area (Å²) in [7, 11) is 0. The van der Waals surface area contributed by atoms with E-state index < -0.39 is 5.91 Å². The van der Waals surface area contributed by atoms with Gasteiger partial charge < -0.3 is 0 Å². The maximum atomic E-state index is 12.4. The van der Waals surface area contributed by atoms with Gasteiger partial charge in [-0.05, 0) is 42.3 Å². The van der Waals surface area contributed by atoms with Gasteiger partial charge in [-0.15, -0.1) is 11.3 Å². The summed E-state index contributed by atoms with van der Waals surface area (Å²) >= 11 is 13.5. The van der Waals surface area contributed by atoms with Crippen LogP contribution in [0.15, 0.2) is 54.2 Å². The van der Waals surface area contributed by atoms with E-state index in [0.29, 0.717) is 21.6 Å².